The van der Waals surface area contributed by atoms with Crippen LogP contribution < -0.4 is 0 Å². The van der Waals surface area contributed by atoms with Crippen LogP contribution >= 0.6 is 11.6 Å². The van der Waals surface area contributed by atoms with E-state index < -0.39 is 30.0 Å². The lowest BCUT2D eigenvalue weighted by molar-refractivity contribution is -0.0896. The van der Waals surface area contributed by atoms with Gasteiger partial charge >= 0.3 is 0 Å². The minimum atomic E-state index is -3.34. The van der Waals surface area contributed by atoms with E-state index in [9.17, 15) is 18.7 Å². The molecule has 1 aliphatic heterocycles. The van der Waals surface area contributed by atoms with E-state index >= 15 is 0 Å². The van der Waals surface area contributed by atoms with Crippen molar-refractivity contribution < 1.29 is 18.7 Å². The maximum atomic E-state index is 13.9. The lowest BCUT2D eigenvalue weighted by Gasteiger charge is -2.34. The van der Waals surface area contributed by atoms with Crippen LogP contribution in [0.3, 0.4) is 0 Å². The molecule has 0 aromatic carbocycles. The molecule has 2 aliphatic rings. The van der Waals surface area contributed by atoms with Crippen molar-refractivity contribution in [2.45, 2.75) is 30.4 Å². The van der Waals surface area contributed by atoms with Crippen molar-refractivity contribution in [3.63, 3.8) is 0 Å². The summed E-state index contributed by atoms with van der Waals surface area (Å²) in [6.45, 7) is -0.828. The van der Waals surface area contributed by atoms with Crippen LogP contribution in [0.2, 0.25) is 5.15 Å². The van der Waals surface area contributed by atoms with Gasteiger partial charge in [0.05, 0.1) is 12.1 Å². The van der Waals surface area contributed by atoms with Crippen LogP contribution in [0.4, 0.5) is 8.78 Å². The quantitative estimate of drug-likeness (QED) is 0.639. The Morgan fingerprint density at radius 2 is 2.24 bits per heavy atom. The van der Waals surface area contributed by atoms with E-state index in [2.05, 4.69) is 4.98 Å². The average Bonchev–Trinajstić information content (AvgIpc) is 2.99. The van der Waals surface area contributed by atoms with Crippen molar-refractivity contribution in [2.75, 3.05) is 6.54 Å². The van der Waals surface area contributed by atoms with Crippen molar-refractivity contribution >= 4 is 17.5 Å². The molecule has 1 N–H and O–H groups in total. The van der Waals surface area contributed by atoms with Crippen LogP contribution in [-0.4, -0.2) is 45.0 Å². The van der Waals surface area contributed by atoms with Crippen LogP contribution in [0.5, 0.6) is 0 Å². The van der Waals surface area contributed by atoms with Gasteiger partial charge in [-0.05, 0) is 25.0 Å². The molecule has 0 radical (unpaired) electrons. The third-order valence-corrected chi connectivity index (χ3v) is 4.25. The second kappa shape index (κ2) is 4.74. The van der Waals surface area contributed by atoms with Gasteiger partial charge in [0.15, 0.2) is 0 Å². The highest BCUT2D eigenvalue weighted by molar-refractivity contribution is 6.29. The maximum absolute atomic E-state index is 13.9. The molecular formula is C14H13ClF2N2O2. The number of carbonyl (C=O) groups is 1. The first kappa shape index (κ1) is 14.4. The van der Waals surface area contributed by atoms with Crippen molar-refractivity contribution in [1.82, 2.24) is 9.88 Å². The molecule has 7 heteroatoms. The molecule has 112 valence electrons. The maximum Gasteiger partial charge on any atom is 0.293 e. The fourth-order valence-electron chi connectivity index (χ4n) is 3.02. The van der Waals surface area contributed by atoms with E-state index in [0.29, 0.717) is 6.42 Å². The largest absolute Gasteiger partial charge is 0.384 e. The molecule has 2 atom stereocenters. The Hall–Kier alpha value is -1.53. The van der Waals surface area contributed by atoms with Gasteiger partial charge in [0, 0.05) is 0 Å². The molecule has 1 aromatic rings. The van der Waals surface area contributed by atoms with E-state index in [4.69, 9.17) is 11.6 Å². The highest BCUT2D eigenvalue weighted by Crippen LogP contribution is 2.46. The summed E-state index contributed by atoms with van der Waals surface area (Å²) in [5.41, 5.74) is -1.36. The Kier molecular flexibility index (Phi) is 3.26. The number of hydrogen-bond donors (Lipinski definition) is 1. The first-order valence-corrected chi connectivity index (χ1v) is 6.93. The fraction of sp³-hybridized carbons (Fsp3) is 0.429. The molecule has 1 amide bonds. The molecule has 1 aromatic heterocycles. The van der Waals surface area contributed by atoms with E-state index in [-0.39, 0.29) is 17.3 Å². The number of aliphatic hydroxyl groups excluding tert-OH is 1. The smallest absolute Gasteiger partial charge is 0.293 e. The number of alkyl halides is 2. The summed E-state index contributed by atoms with van der Waals surface area (Å²) >= 11 is 5.74. The van der Waals surface area contributed by atoms with Gasteiger partial charge in [0.1, 0.15) is 17.0 Å². The number of rotatable bonds is 1. The van der Waals surface area contributed by atoms with Crippen molar-refractivity contribution in [1.29, 1.82) is 0 Å². The second-order valence-electron chi connectivity index (χ2n) is 5.33. The van der Waals surface area contributed by atoms with Gasteiger partial charge < -0.3 is 10.0 Å². The number of nitrogens with zero attached hydrogens (tertiary/aromatic N) is 2. The number of allylic oxidation sites excluding steroid dienone is 1. The normalized spacial score (nSPS) is 30.3. The zero-order valence-corrected chi connectivity index (χ0v) is 11.7. The third-order valence-electron chi connectivity index (χ3n) is 4.04. The van der Waals surface area contributed by atoms with Crippen molar-refractivity contribution in [3.05, 3.63) is 41.2 Å². The molecule has 21 heavy (non-hydrogen) atoms. The summed E-state index contributed by atoms with van der Waals surface area (Å²) in [4.78, 5) is 17.4. The highest BCUT2D eigenvalue weighted by atomic mass is 35.5. The van der Waals surface area contributed by atoms with Crippen LogP contribution in [0.15, 0.2) is 30.4 Å². The van der Waals surface area contributed by atoms with Gasteiger partial charge in [-0.1, -0.05) is 29.8 Å². The summed E-state index contributed by atoms with van der Waals surface area (Å²) < 4.78 is 27.8. The number of aromatic nitrogens is 1. The number of aliphatic hydroxyl groups is 1. The monoisotopic (exact) mass is 314 g/mol. The van der Waals surface area contributed by atoms with Crippen LogP contribution in [0, 0.1) is 0 Å². The van der Waals surface area contributed by atoms with Crippen LogP contribution in [-0.2, 0) is 0 Å². The van der Waals surface area contributed by atoms with E-state index in [1.54, 1.807) is 6.08 Å². The van der Waals surface area contributed by atoms with E-state index in [1.165, 1.54) is 24.3 Å². The molecule has 2 unspecified atom stereocenters. The van der Waals surface area contributed by atoms with E-state index in [0.717, 1.165) is 4.90 Å². The minimum Gasteiger partial charge on any atom is -0.384 e. The van der Waals surface area contributed by atoms with Crippen molar-refractivity contribution in [3.8, 4) is 0 Å². The molecule has 1 fully saturated rings. The number of hydrogen-bond acceptors (Lipinski definition) is 3. The Bertz CT molecular complexity index is 623. The number of halogens is 3. The molecule has 1 aliphatic carbocycles. The molecule has 1 spiro atoms. The van der Waals surface area contributed by atoms with Crippen molar-refractivity contribution in [2.24, 2.45) is 0 Å². The summed E-state index contributed by atoms with van der Waals surface area (Å²) in [5, 5.41) is 10.1. The lowest BCUT2D eigenvalue weighted by atomic mass is 9.91. The Morgan fingerprint density at radius 1 is 1.48 bits per heavy atom. The predicted octanol–water partition coefficient (Wildman–Crippen LogP) is 2.28. The first-order valence-electron chi connectivity index (χ1n) is 6.55. The zero-order chi connectivity index (χ0) is 15.3. The fourth-order valence-corrected chi connectivity index (χ4v) is 3.19. The van der Waals surface area contributed by atoms with Gasteiger partial charge in [-0.15, -0.1) is 0 Å². The van der Waals surface area contributed by atoms with Gasteiger partial charge in [0.25, 0.3) is 11.8 Å². The van der Waals surface area contributed by atoms with Crippen LogP contribution in [0.25, 0.3) is 0 Å². The van der Waals surface area contributed by atoms with Gasteiger partial charge in [0.2, 0.25) is 0 Å². The Morgan fingerprint density at radius 3 is 2.86 bits per heavy atom. The number of amides is 1. The number of likely N-dealkylation sites (tertiary alicyclic amines) is 1. The topological polar surface area (TPSA) is 53.4 Å². The Balaban J connectivity index is 2.01. The predicted molar refractivity (Wildman–Crippen MR) is 72.3 cm³/mol. The first-order chi connectivity index (χ1) is 9.87. The molecular weight excluding hydrogens is 302 g/mol. The van der Waals surface area contributed by atoms with Crippen LogP contribution in [0.1, 0.15) is 23.3 Å². The number of pyridine rings is 1. The third kappa shape index (κ3) is 2.13. The van der Waals surface area contributed by atoms with Gasteiger partial charge in [-0.25, -0.2) is 13.8 Å². The highest BCUT2D eigenvalue weighted by Gasteiger charge is 2.63. The minimum absolute atomic E-state index is 0.00734. The summed E-state index contributed by atoms with van der Waals surface area (Å²) in [5.74, 6) is -4.00. The summed E-state index contributed by atoms with van der Waals surface area (Å²) in [6, 6.07) is 4.45. The molecule has 2 heterocycles. The van der Waals surface area contributed by atoms with Gasteiger partial charge in [-0.2, -0.15) is 0 Å². The molecule has 3 rings (SSSR count). The summed E-state index contributed by atoms with van der Waals surface area (Å²) in [7, 11) is 0. The summed E-state index contributed by atoms with van der Waals surface area (Å²) in [6.07, 6.45) is 2.11. The molecule has 0 saturated carbocycles. The standard InChI is InChI=1S/C14H13ClF2N2O2/c15-10-5-3-4-9(18-10)11(20)19-8-14(16,17)12(21)13(19)6-1-2-7-13/h1,3-6,12,21H,2,7-8H2. The molecule has 1 saturated heterocycles. The second-order valence-corrected chi connectivity index (χ2v) is 5.72. The lowest BCUT2D eigenvalue weighted by Crippen LogP contribution is -2.51. The molecule has 0 bridgehead atoms. The van der Waals surface area contributed by atoms with E-state index in [1.807, 2.05) is 0 Å². The van der Waals surface area contributed by atoms with Gasteiger partial charge in [-0.3, -0.25) is 4.79 Å². The number of carbonyl (C=O) groups excluding carboxylic acids is 1. The average molecular weight is 315 g/mol. The molecule has 4 nitrogen and oxygen atoms in total. The Labute approximate surface area is 125 Å². The SMILES string of the molecule is O=C(c1cccc(Cl)n1)N1CC(F)(F)C(O)C12C=CCC2. The zero-order valence-electron chi connectivity index (χ0n) is 11.0.